The number of carboxylic acid groups (broad SMARTS) is 1. The number of carbonyl (C=O) groups is 2. The topological polar surface area (TPSA) is 145 Å². The number of para-hydroxylation sites is 1. The number of nitrogen functional groups attached to an aromatic ring is 1. The molecule has 5 N–H and O–H groups in total. The number of nitrogens with one attached hydrogen (secondary N) is 2. The first-order valence-electron chi connectivity index (χ1n) is 15.3. The highest BCUT2D eigenvalue weighted by atomic mass is 19.4. The van der Waals surface area contributed by atoms with Crippen LogP contribution in [0.1, 0.15) is 57.4 Å². The molecule has 4 aromatic rings. The number of carboxylic acids is 1. The highest BCUT2D eigenvalue weighted by Crippen LogP contribution is 2.34. The molecule has 1 amide bonds. The maximum atomic E-state index is 13.9. The molecule has 48 heavy (non-hydrogen) atoms. The van der Waals surface area contributed by atoms with Gasteiger partial charge < -0.3 is 35.7 Å². The molecule has 0 bridgehead atoms. The third-order valence-electron chi connectivity index (χ3n) is 6.67. The molecule has 1 unspecified atom stereocenters. The zero-order chi connectivity index (χ0) is 35.6. The first-order valence-corrected chi connectivity index (χ1v) is 15.3. The number of ether oxygens (including phenoxy) is 3. The average molecular weight is 671 g/mol. The molecule has 10 nitrogen and oxygen atoms in total. The summed E-state index contributed by atoms with van der Waals surface area (Å²) in [6.45, 7) is 12.6. The van der Waals surface area contributed by atoms with Crippen molar-refractivity contribution in [3.8, 4) is 17.2 Å². The maximum absolute atomic E-state index is 13.9. The number of hydrogen-bond donors (Lipinski definition) is 4. The summed E-state index contributed by atoms with van der Waals surface area (Å²) in [4.78, 5) is 26.9. The predicted octanol–water partition coefficient (Wildman–Crippen LogP) is 7.20. The molecule has 1 heterocycles. The number of pyridine rings is 1. The van der Waals surface area contributed by atoms with Crippen LogP contribution in [0.25, 0.3) is 10.8 Å². The quantitative estimate of drug-likeness (QED) is 0.123. The highest BCUT2D eigenvalue weighted by Gasteiger charge is 2.38. The lowest BCUT2D eigenvalue weighted by atomic mass is 10.0. The van der Waals surface area contributed by atoms with Gasteiger partial charge in [0.15, 0.2) is 11.5 Å². The summed E-state index contributed by atoms with van der Waals surface area (Å²) in [5, 5.41) is 15.5. The Morgan fingerprint density at radius 2 is 1.65 bits per heavy atom. The molecule has 0 spiro atoms. The fourth-order valence-electron chi connectivity index (χ4n) is 4.62. The average Bonchev–Trinajstić information content (AvgIpc) is 3.00. The van der Waals surface area contributed by atoms with Crippen molar-refractivity contribution < 1.29 is 42.1 Å². The first-order chi connectivity index (χ1) is 22.6. The monoisotopic (exact) mass is 670 g/mol. The SMILES string of the molecule is CCOc1cc(C(Nc2ccc3c(N)nccc3c2)C(=O)NCc2cccc(C)c2OC(C)C)ccc1OC(C)C.O=C(O)C(F)(F)F. The van der Waals surface area contributed by atoms with Crippen LogP contribution in [0, 0.1) is 6.92 Å². The molecule has 0 aliphatic carbocycles. The number of fused-ring (bicyclic) bond motifs is 1. The van der Waals surface area contributed by atoms with Gasteiger partial charge in [-0.05, 0) is 94.5 Å². The Bertz CT molecular complexity index is 1710. The Morgan fingerprint density at radius 3 is 2.27 bits per heavy atom. The van der Waals surface area contributed by atoms with Gasteiger partial charge in [-0.3, -0.25) is 4.79 Å². The van der Waals surface area contributed by atoms with E-state index in [0.717, 1.165) is 38.9 Å². The van der Waals surface area contributed by atoms with E-state index in [0.29, 0.717) is 30.5 Å². The molecule has 0 saturated heterocycles. The Hall–Kier alpha value is -5.20. The summed E-state index contributed by atoms with van der Waals surface area (Å²) in [5.74, 6) is -0.482. The molecule has 0 saturated carbocycles. The highest BCUT2D eigenvalue weighted by molar-refractivity contribution is 5.94. The zero-order valence-corrected chi connectivity index (χ0v) is 27.6. The largest absolute Gasteiger partial charge is 0.490 e. The molecular weight excluding hydrogens is 629 g/mol. The van der Waals surface area contributed by atoms with Crippen molar-refractivity contribution in [2.24, 2.45) is 0 Å². The number of aromatic nitrogens is 1. The van der Waals surface area contributed by atoms with Gasteiger partial charge >= 0.3 is 12.1 Å². The third kappa shape index (κ3) is 10.4. The van der Waals surface area contributed by atoms with E-state index in [9.17, 15) is 18.0 Å². The van der Waals surface area contributed by atoms with Crippen LogP contribution in [0.15, 0.2) is 66.9 Å². The lowest BCUT2D eigenvalue weighted by Gasteiger charge is -2.23. The molecular formula is C35H41F3N4O6. The molecule has 0 aliphatic rings. The van der Waals surface area contributed by atoms with Crippen molar-refractivity contribution in [3.63, 3.8) is 0 Å². The molecule has 13 heteroatoms. The number of nitrogens with two attached hydrogens (primary N) is 1. The van der Waals surface area contributed by atoms with Crippen LogP contribution in [-0.2, 0) is 16.1 Å². The van der Waals surface area contributed by atoms with E-state index in [4.69, 9.17) is 29.8 Å². The lowest BCUT2D eigenvalue weighted by Crippen LogP contribution is -2.33. The van der Waals surface area contributed by atoms with Crippen molar-refractivity contribution in [1.29, 1.82) is 0 Å². The number of aliphatic carboxylic acids is 1. The lowest BCUT2D eigenvalue weighted by molar-refractivity contribution is -0.192. The summed E-state index contributed by atoms with van der Waals surface area (Å²) < 4.78 is 49.7. The number of nitrogens with zero attached hydrogens (tertiary/aromatic N) is 1. The van der Waals surface area contributed by atoms with E-state index in [2.05, 4.69) is 15.6 Å². The van der Waals surface area contributed by atoms with Gasteiger partial charge in [-0.25, -0.2) is 9.78 Å². The normalized spacial score (nSPS) is 11.8. The number of rotatable bonds is 12. The fourth-order valence-corrected chi connectivity index (χ4v) is 4.62. The number of aryl methyl sites for hydroxylation is 1. The van der Waals surface area contributed by atoms with Gasteiger partial charge in [0, 0.05) is 29.4 Å². The van der Waals surface area contributed by atoms with Crippen LogP contribution < -0.4 is 30.6 Å². The molecule has 4 rings (SSSR count). The zero-order valence-electron chi connectivity index (χ0n) is 27.6. The number of hydrogen-bond acceptors (Lipinski definition) is 8. The van der Waals surface area contributed by atoms with Gasteiger partial charge in [-0.2, -0.15) is 13.2 Å². The minimum absolute atomic E-state index is 0.0145. The second kappa shape index (κ2) is 16.6. The maximum Gasteiger partial charge on any atom is 0.490 e. The summed E-state index contributed by atoms with van der Waals surface area (Å²) in [6, 6.07) is 18.5. The second-order valence-electron chi connectivity index (χ2n) is 11.3. The van der Waals surface area contributed by atoms with E-state index in [-0.39, 0.29) is 18.1 Å². The van der Waals surface area contributed by atoms with Gasteiger partial charge in [0.25, 0.3) is 0 Å². The van der Waals surface area contributed by atoms with Gasteiger partial charge in [0.1, 0.15) is 17.6 Å². The molecule has 1 atom stereocenters. The van der Waals surface area contributed by atoms with Gasteiger partial charge in [-0.1, -0.05) is 24.3 Å². The van der Waals surface area contributed by atoms with Crippen molar-refractivity contribution in [2.75, 3.05) is 17.7 Å². The Kier molecular flexibility index (Phi) is 12.9. The van der Waals surface area contributed by atoms with Crippen LogP contribution >= 0.6 is 0 Å². The number of amides is 1. The number of halogens is 3. The van der Waals surface area contributed by atoms with Gasteiger partial charge in [-0.15, -0.1) is 0 Å². The summed E-state index contributed by atoms with van der Waals surface area (Å²) in [5.41, 5.74) is 9.49. The number of benzene rings is 3. The van der Waals surface area contributed by atoms with E-state index in [1.165, 1.54) is 0 Å². The molecule has 0 aliphatic heterocycles. The number of alkyl halides is 3. The van der Waals surface area contributed by atoms with Gasteiger partial charge in [0.2, 0.25) is 5.91 Å². The van der Waals surface area contributed by atoms with Gasteiger partial charge in [0.05, 0.1) is 18.8 Å². The van der Waals surface area contributed by atoms with E-state index in [1.54, 1.807) is 6.20 Å². The predicted molar refractivity (Wildman–Crippen MR) is 178 cm³/mol. The van der Waals surface area contributed by atoms with E-state index < -0.39 is 18.2 Å². The van der Waals surface area contributed by atoms with Crippen LogP contribution in [0.3, 0.4) is 0 Å². The molecule has 0 radical (unpaired) electrons. The Labute approximate surface area is 277 Å². The van der Waals surface area contributed by atoms with Crippen LogP contribution in [0.4, 0.5) is 24.7 Å². The summed E-state index contributed by atoms with van der Waals surface area (Å²) >= 11 is 0. The molecule has 1 aromatic heterocycles. The molecule has 258 valence electrons. The van der Waals surface area contributed by atoms with Crippen LogP contribution in [0.5, 0.6) is 17.2 Å². The minimum atomic E-state index is -5.08. The third-order valence-corrected chi connectivity index (χ3v) is 6.67. The van der Waals surface area contributed by atoms with Crippen LogP contribution in [0.2, 0.25) is 0 Å². The Morgan fingerprint density at radius 1 is 0.958 bits per heavy atom. The van der Waals surface area contributed by atoms with E-state index in [1.807, 2.05) is 102 Å². The first kappa shape index (κ1) is 37.3. The smallest absolute Gasteiger partial charge is 0.490 e. The molecule has 0 fully saturated rings. The standard InChI is InChI=1S/C33H40N4O4.C2HF3O2/c1-7-39-29-18-24(11-14-28(29)40-20(2)3)30(37-26-12-13-27-23(17-26)15-16-35-32(27)34)33(38)36-19-25-10-8-9-22(6)31(25)41-21(4)5;3-2(4,5)1(6)7/h8-18,20-21,30,37H,7,19H2,1-6H3,(H2,34,35)(H,36,38);(H,6,7). The number of carbonyl (C=O) groups excluding carboxylic acids is 1. The van der Waals surface area contributed by atoms with Crippen molar-refractivity contribution in [1.82, 2.24) is 10.3 Å². The Balaban J connectivity index is 0.000000804. The number of anilines is 2. The van der Waals surface area contributed by atoms with Crippen molar-refractivity contribution in [2.45, 2.75) is 72.5 Å². The summed E-state index contributed by atoms with van der Waals surface area (Å²) in [7, 11) is 0. The second-order valence-corrected chi connectivity index (χ2v) is 11.3. The van der Waals surface area contributed by atoms with Crippen molar-refractivity contribution in [3.05, 3.63) is 83.6 Å². The van der Waals surface area contributed by atoms with Crippen LogP contribution in [-0.4, -0.2) is 47.0 Å². The summed E-state index contributed by atoms with van der Waals surface area (Å²) in [6.07, 6.45) is -3.42. The van der Waals surface area contributed by atoms with Crippen molar-refractivity contribution >= 4 is 34.2 Å². The minimum Gasteiger partial charge on any atom is -0.490 e. The van der Waals surface area contributed by atoms with E-state index >= 15 is 0 Å². The fraction of sp³-hybridized carbons (Fsp3) is 0.343. The molecule has 3 aromatic carbocycles.